The first-order chi connectivity index (χ1) is 6.66. The van der Waals surface area contributed by atoms with E-state index in [-0.39, 0.29) is 12.6 Å². The topological polar surface area (TPSA) is 77.8 Å². The number of amides is 1. The van der Waals surface area contributed by atoms with Gasteiger partial charge in [-0.1, -0.05) is 0 Å². The summed E-state index contributed by atoms with van der Waals surface area (Å²) in [6.45, 7) is 0.490. The van der Waals surface area contributed by atoms with Crippen molar-refractivity contribution in [1.29, 1.82) is 0 Å². The number of aliphatic hydroxyl groups excluding tert-OH is 1. The van der Waals surface area contributed by atoms with Crippen LogP contribution < -0.4 is 0 Å². The third-order valence-corrected chi connectivity index (χ3v) is 2.53. The molecule has 14 heavy (non-hydrogen) atoms. The number of hydrogen-bond donors (Lipinski definition) is 2. The minimum Gasteiger partial charge on any atom is -0.474 e. The second kappa shape index (κ2) is 4.95. The third-order valence-electron chi connectivity index (χ3n) is 2.53. The predicted molar refractivity (Wildman–Crippen MR) is 48.7 cm³/mol. The first-order valence-electron chi connectivity index (χ1n) is 4.81. The minimum atomic E-state index is -1.41. The van der Waals surface area contributed by atoms with Crippen molar-refractivity contribution in [1.82, 2.24) is 4.90 Å². The largest absolute Gasteiger partial charge is 0.474 e. The number of piperidine rings is 1. The van der Waals surface area contributed by atoms with Gasteiger partial charge in [-0.3, -0.25) is 4.79 Å². The van der Waals surface area contributed by atoms with E-state index in [0.717, 1.165) is 19.3 Å². The summed E-state index contributed by atoms with van der Waals surface area (Å²) in [4.78, 5) is 23.1. The summed E-state index contributed by atoms with van der Waals surface area (Å²) in [5.74, 6) is -2.25. The number of hydrogen-bond acceptors (Lipinski definition) is 3. The summed E-state index contributed by atoms with van der Waals surface area (Å²) >= 11 is 0. The lowest BCUT2D eigenvalue weighted by molar-refractivity contribution is -0.158. The molecule has 0 saturated carbocycles. The van der Waals surface area contributed by atoms with Crippen molar-refractivity contribution in [2.75, 3.05) is 13.2 Å². The van der Waals surface area contributed by atoms with Gasteiger partial charge in [-0.15, -0.1) is 0 Å². The van der Waals surface area contributed by atoms with Crippen LogP contribution >= 0.6 is 0 Å². The predicted octanol–water partition coefficient (Wildman–Crippen LogP) is -0.165. The first kappa shape index (κ1) is 11.0. The van der Waals surface area contributed by atoms with E-state index in [9.17, 15) is 9.59 Å². The summed E-state index contributed by atoms with van der Waals surface area (Å²) in [5, 5.41) is 17.3. The number of carbonyl (C=O) groups excluding carboxylic acids is 1. The molecule has 0 bridgehead atoms. The van der Waals surface area contributed by atoms with E-state index in [2.05, 4.69) is 0 Å². The zero-order chi connectivity index (χ0) is 10.6. The number of carboxylic acids is 1. The lowest BCUT2D eigenvalue weighted by atomic mass is 9.99. The second-order valence-electron chi connectivity index (χ2n) is 3.47. The molecule has 0 aromatic carbocycles. The fourth-order valence-corrected chi connectivity index (χ4v) is 1.84. The molecule has 0 aromatic rings. The van der Waals surface area contributed by atoms with Crippen molar-refractivity contribution in [3.8, 4) is 0 Å². The maximum absolute atomic E-state index is 11.2. The summed E-state index contributed by atoms with van der Waals surface area (Å²) in [5.41, 5.74) is 0. The molecule has 1 saturated heterocycles. The van der Waals surface area contributed by atoms with Crippen LogP contribution in [0, 0.1) is 0 Å². The van der Waals surface area contributed by atoms with Crippen LogP contribution in [0.2, 0.25) is 0 Å². The Bertz CT molecular complexity index is 227. The van der Waals surface area contributed by atoms with Crippen LogP contribution in [-0.2, 0) is 9.59 Å². The molecule has 5 nitrogen and oxygen atoms in total. The van der Waals surface area contributed by atoms with E-state index in [1.807, 2.05) is 0 Å². The van der Waals surface area contributed by atoms with Gasteiger partial charge in [-0.05, 0) is 25.7 Å². The molecule has 0 spiro atoms. The molecule has 5 heteroatoms. The van der Waals surface area contributed by atoms with Crippen LogP contribution in [0.15, 0.2) is 0 Å². The Morgan fingerprint density at radius 1 is 1.36 bits per heavy atom. The highest BCUT2D eigenvalue weighted by atomic mass is 16.4. The Labute approximate surface area is 82.3 Å². The molecule has 0 aromatic heterocycles. The number of aliphatic hydroxyl groups is 1. The average molecular weight is 201 g/mol. The van der Waals surface area contributed by atoms with Crippen molar-refractivity contribution >= 4 is 11.9 Å². The number of carboxylic acid groups (broad SMARTS) is 1. The molecule has 2 N–H and O–H groups in total. The molecule has 1 heterocycles. The van der Waals surface area contributed by atoms with Crippen LogP contribution in [0.3, 0.4) is 0 Å². The number of likely N-dealkylation sites (tertiary alicyclic amines) is 1. The van der Waals surface area contributed by atoms with E-state index in [1.165, 1.54) is 4.90 Å². The Kier molecular flexibility index (Phi) is 3.88. The van der Waals surface area contributed by atoms with Gasteiger partial charge in [-0.2, -0.15) is 0 Å². The summed E-state index contributed by atoms with van der Waals surface area (Å²) < 4.78 is 0. The Morgan fingerprint density at radius 2 is 2.07 bits per heavy atom. The SMILES string of the molecule is O=C(O)C(=O)N1CCCCC1CCO. The first-order valence-corrected chi connectivity index (χ1v) is 4.81. The summed E-state index contributed by atoms with van der Waals surface area (Å²) in [6.07, 6.45) is 3.10. The van der Waals surface area contributed by atoms with Crippen molar-refractivity contribution in [3.05, 3.63) is 0 Å². The molecule has 1 aliphatic rings. The van der Waals surface area contributed by atoms with Gasteiger partial charge in [0.25, 0.3) is 0 Å². The van der Waals surface area contributed by atoms with Gasteiger partial charge < -0.3 is 15.1 Å². The van der Waals surface area contributed by atoms with Crippen LogP contribution in [0.4, 0.5) is 0 Å². The normalized spacial score (nSPS) is 22.1. The smallest absolute Gasteiger partial charge is 0.394 e. The number of carbonyl (C=O) groups is 2. The molecule has 1 rings (SSSR count). The van der Waals surface area contributed by atoms with Gasteiger partial charge in [0.1, 0.15) is 0 Å². The minimum absolute atomic E-state index is 0.00589. The lowest BCUT2D eigenvalue weighted by Gasteiger charge is -2.34. The molecule has 1 amide bonds. The number of rotatable bonds is 2. The molecule has 0 radical (unpaired) electrons. The fraction of sp³-hybridized carbons (Fsp3) is 0.778. The monoisotopic (exact) mass is 201 g/mol. The molecule has 1 unspecified atom stereocenters. The molecular formula is C9H15NO4. The Morgan fingerprint density at radius 3 is 2.64 bits per heavy atom. The fourth-order valence-electron chi connectivity index (χ4n) is 1.84. The second-order valence-corrected chi connectivity index (χ2v) is 3.47. The van der Waals surface area contributed by atoms with E-state index in [0.29, 0.717) is 13.0 Å². The van der Waals surface area contributed by atoms with E-state index in [4.69, 9.17) is 10.2 Å². The van der Waals surface area contributed by atoms with Crippen molar-refractivity contribution in [2.45, 2.75) is 31.7 Å². The molecule has 0 aliphatic carbocycles. The van der Waals surface area contributed by atoms with Gasteiger partial charge >= 0.3 is 11.9 Å². The van der Waals surface area contributed by atoms with Gasteiger partial charge in [0.15, 0.2) is 0 Å². The van der Waals surface area contributed by atoms with Gasteiger partial charge in [0, 0.05) is 19.2 Å². The molecule has 1 aliphatic heterocycles. The van der Waals surface area contributed by atoms with Gasteiger partial charge in [0.05, 0.1) is 0 Å². The van der Waals surface area contributed by atoms with Crippen LogP contribution in [0.1, 0.15) is 25.7 Å². The van der Waals surface area contributed by atoms with E-state index >= 15 is 0 Å². The highest BCUT2D eigenvalue weighted by molar-refractivity contribution is 6.31. The highest BCUT2D eigenvalue weighted by Crippen LogP contribution is 2.19. The van der Waals surface area contributed by atoms with Crippen LogP contribution in [0.5, 0.6) is 0 Å². The standard InChI is InChI=1S/C9H15NO4/c11-6-4-7-3-1-2-5-10(7)8(12)9(13)14/h7,11H,1-6H2,(H,13,14). The third kappa shape index (κ3) is 2.45. The van der Waals surface area contributed by atoms with E-state index < -0.39 is 11.9 Å². The van der Waals surface area contributed by atoms with Gasteiger partial charge in [0.2, 0.25) is 0 Å². The molecule has 1 atom stereocenters. The Hall–Kier alpha value is -1.10. The van der Waals surface area contributed by atoms with Gasteiger partial charge in [-0.25, -0.2) is 4.79 Å². The van der Waals surface area contributed by atoms with Crippen LogP contribution in [0.25, 0.3) is 0 Å². The molecule has 80 valence electrons. The number of nitrogens with zero attached hydrogens (tertiary/aromatic N) is 1. The highest BCUT2D eigenvalue weighted by Gasteiger charge is 2.29. The van der Waals surface area contributed by atoms with Crippen molar-refractivity contribution < 1.29 is 19.8 Å². The maximum Gasteiger partial charge on any atom is 0.394 e. The van der Waals surface area contributed by atoms with E-state index in [1.54, 1.807) is 0 Å². The quantitative estimate of drug-likeness (QED) is 0.608. The zero-order valence-corrected chi connectivity index (χ0v) is 7.98. The summed E-state index contributed by atoms with van der Waals surface area (Å²) in [6, 6.07) is -0.0997. The Balaban J connectivity index is 2.62. The zero-order valence-electron chi connectivity index (χ0n) is 7.98. The maximum atomic E-state index is 11.2. The average Bonchev–Trinajstić information content (AvgIpc) is 2.18. The molecule has 1 fully saturated rings. The molecular weight excluding hydrogens is 186 g/mol. The lowest BCUT2D eigenvalue weighted by Crippen LogP contribution is -2.47. The summed E-state index contributed by atoms with van der Waals surface area (Å²) in [7, 11) is 0. The van der Waals surface area contributed by atoms with Crippen LogP contribution in [-0.4, -0.2) is 46.2 Å². The number of aliphatic carboxylic acids is 1. The van der Waals surface area contributed by atoms with Crippen molar-refractivity contribution in [2.24, 2.45) is 0 Å². The van der Waals surface area contributed by atoms with Crippen molar-refractivity contribution in [3.63, 3.8) is 0 Å².